The number of hydrogen-bond donors (Lipinski definition) is 2. The van der Waals surface area contributed by atoms with Gasteiger partial charge >= 0.3 is 0 Å². The van der Waals surface area contributed by atoms with E-state index in [2.05, 4.69) is 15.0 Å². The molecule has 0 bridgehead atoms. The fourth-order valence-electron chi connectivity index (χ4n) is 3.73. The van der Waals surface area contributed by atoms with Crippen LogP contribution in [0, 0.1) is 6.92 Å². The largest absolute Gasteiger partial charge is 0.298 e. The molecule has 174 valence electrons. The van der Waals surface area contributed by atoms with Crippen LogP contribution in [-0.4, -0.2) is 19.3 Å². The molecule has 0 spiro atoms. The van der Waals surface area contributed by atoms with Gasteiger partial charge in [-0.3, -0.25) is 14.8 Å². The van der Waals surface area contributed by atoms with Crippen molar-refractivity contribution in [2.75, 3.05) is 10.0 Å². The Kier molecular flexibility index (Phi) is 6.07. The third-order valence-corrected chi connectivity index (χ3v) is 7.65. The molecule has 0 aliphatic rings. The summed E-state index contributed by atoms with van der Waals surface area (Å²) in [4.78, 5) is 17.6. The van der Waals surface area contributed by atoms with Crippen LogP contribution in [0.5, 0.6) is 0 Å². The van der Waals surface area contributed by atoms with Crippen molar-refractivity contribution < 1.29 is 13.2 Å². The van der Waals surface area contributed by atoms with Crippen molar-refractivity contribution in [3.63, 3.8) is 0 Å². The van der Waals surface area contributed by atoms with E-state index in [0.717, 1.165) is 27.6 Å². The zero-order chi connectivity index (χ0) is 24.4. The molecule has 0 radical (unpaired) electrons. The maximum Gasteiger partial charge on any atom is 0.261 e. The lowest BCUT2D eigenvalue weighted by Gasteiger charge is -2.10. The van der Waals surface area contributed by atoms with E-state index < -0.39 is 10.0 Å². The highest BCUT2D eigenvalue weighted by Gasteiger charge is 2.16. The van der Waals surface area contributed by atoms with Gasteiger partial charge in [-0.1, -0.05) is 66.2 Å². The highest BCUT2D eigenvalue weighted by molar-refractivity contribution is 7.92. The van der Waals surface area contributed by atoms with Crippen LogP contribution in [0.1, 0.15) is 15.9 Å². The van der Waals surface area contributed by atoms with Crippen LogP contribution in [0.4, 0.5) is 10.8 Å². The van der Waals surface area contributed by atoms with Gasteiger partial charge in [0.25, 0.3) is 15.9 Å². The Bertz CT molecular complexity index is 1640. The molecular formula is C27H21N3O3S2. The Hall–Kier alpha value is -4.01. The molecule has 0 atom stereocenters. The Morgan fingerprint density at radius 1 is 0.886 bits per heavy atom. The zero-order valence-electron chi connectivity index (χ0n) is 18.7. The molecule has 1 heterocycles. The van der Waals surface area contributed by atoms with Gasteiger partial charge in [0.05, 0.1) is 10.6 Å². The van der Waals surface area contributed by atoms with Gasteiger partial charge in [0, 0.05) is 22.2 Å². The number of benzene rings is 4. The van der Waals surface area contributed by atoms with Crippen LogP contribution in [0.15, 0.2) is 101 Å². The van der Waals surface area contributed by atoms with E-state index in [0.29, 0.717) is 16.4 Å². The minimum Gasteiger partial charge on any atom is -0.298 e. The van der Waals surface area contributed by atoms with Crippen molar-refractivity contribution in [1.29, 1.82) is 0 Å². The number of fused-ring (bicyclic) bond motifs is 1. The number of amides is 1. The normalized spacial score (nSPS) is 11.3. The molecule has 0 fully saturated rings. The monoisotopic (exact) mass is 499 g/mol. The van der Waals surface area contributed by atoms with Gasteiger partial charge < -0.3 is 0 Å². The van der Waals surface area contributed by atoms with Crippen LogP contribution < -0.4 is 10.0 Å². The average Bonchev–Trinajstić information content (AvgIpc) is 3.32. The van der Waals surface area contributed by atoms with Crippen molar-refractivity contribution >= 4 is 48.9 Å². The Morgan fingerprint density at radius 3 is 2.46 bits per heavy atom. The Labute approximate surface area is 207 Å². The van der Waals surface area contributed by atoms with Crippen LogP contribution in [-0.2, 0) is 10.0 Å². The molecule has 6 nitrogen and oxygen atoms in total. The molecule has 5 aromatic rings. The van der Waals surface area contributed by atoms with Crippen molar-refractivity contribution in [3.05, 3.63) is 108 Å². The van der Waals surface area contributed by atoms with E-state index in [1.165, 1.54) is 17.4 Å². The molecule has 0 saturated heterocycles. The molecule has 1 aromatic heterocycles. The minimum absolute atomic E-state index is 0.154. The van der Waals surface area contributed by atoms with E-state index in [-0.39, 0.29) is 10.8 Å². The lowest BCUT2D eigenvalue weighted by Crippen LogP contribution is -2.15. The van der Waals surface area contributed by atoms with Gasteiger partial charge in [0.1, 0.15) is 0 Å². The predicted octanol–water partition coefficient (Wildman–Crippen LogP) is 6.32. The van der Waals surface area contributed by atoms with E-state index in [1.54, 1.807) is 42.5 Å². The quantitative estimate of drug-likeness (QED) is 0.286. The predicted molar refractivity (Wildman–Crippen MR) is 141 cm³/mol. The second-order valence-corrected chi connectivity index (χ2v) is 10.6. The van der Waals surface area contributed by atoms with E-state index in [9.17, 15) is 13.2 Å². The van der Waals surface area contributed by atoms with Crippen LogP contribution in [0.3, 0.4) is 0 Å². The molecule has 5 rings (SSSR count). The topological polar surface area (TPSA) is 88.2 Å². The molecule has 0 unspecified atom stereocenters. The standard InChI is InChI=1S/C27H21N3O3S2/c1-18-12-14-22(15-13-18)35(32,33)30-21-9-4-8-20(16-21)26(31)29-27-28-25(17-34-27)24-11-5-7-19-6-2-3-10-23(19)24/h2-17,30H,1H3,(H,28,29,31). The summed E-state index contributed by atoms with van der Waals surface area (Å²) in [6.07, 6.45) is 0. The minimum atomic E-state index is -3.77. The number of rotatable bonds is 6. The second kappa shape index (κ2) is 9.32. The van der Waals surface area contributed by atoms with Gasteiger partial charge in [0.2, 0.25) is 0 Å². The molecule has 1 amide bonds. The van der Waals surface area contributed by atoms with Crippen LogP contribution >= 0.6 is 11.3 Å². The van der Waals surface area contributed by atoms with Crippen LogP contribution in [0.2, 0.25) is 0 Å². The highest BCUT2D eigenvalue weighted by atomic mass is 32.2. The number of sulfonamides is 1. The lowest BCUT2D eigenvalue weighted by molar-refractivity contribution is 0.102. The van der Waals surface area contributed by atoms with E-state index in [1.807, 2.05) is 54.8 Å². The van der Waals surface area contributed by atoms with Gasteiger partial charge in [-0.15, -0.1) is 11.3 Å². The molecule has 8 heteroatoms. The smallest absolute Gasteiger partial charge is 0.261 e. The Balaban J connectivity index is 1.34. The number of anilines is 2. The highest BCUT2D eigenvalue weighted by Crippen LogP contribution is 2.31. The summed E-state index contributed by atoms with van der Waals surface area (Å²) >= 11 is 1.33. The summed E-state index contributed by atoms with van der Waals surface area (Å²) in [6.45, 7) is 1.89. The van der Waals surface area contributed by atoms with Gasteiger partial charge in [-0.05, 0) is 48.0 Å². The summed E-state index contributed by atoms with van der Waals surface area (Å²) in [7, 11) is -3.77. The third-order valence-electron chi connectivity index (χ3n) is 5.50. The van der Waals surface area contributed by atoms with Gasteiger partial charge in [-0.2, -0.15) is 0 Å². The summed E-state index contributed by atoms with van der Waals surface area (Å²) in [5, 5.41) is 7.39. The average molecular weight is 500 g/mol. The molecule has 0 saturated carbocycles. The van der Waals surface area contributed by atoms with Gasteiger partial charge in [0.15, 0.2) is 5.13 Å². The second-order valence-electron chi connectivity index (χ2n) is 8.02. The Morgan fingerprint density at radius 2 is 1.63 bits per heavy atom. The molecular weight excluding hydrogens is 478 g/mol. The number of nitrogens with one attached hydrogen (secondary N) is 2. The first kappa shape index (κ1) is 22.8. The SMILES string of the molecule is Cc1ccc(S(=O)(=O)Nc2cccc(C(=O)Nc3nc(-c4cccc5ccccc45)cs3)c2)cc1. The van der Waals surface area contributed by atoms with Crippen molar-refractivity contribution in [2.45, 2.75) is 11.8 Å². The summed E-state index contributed by atoms with van der Waals surface area (Å²) in [5.74, 6) is -0.375. The first-order valence-corrected chi connectivity index (χ1v) is 13.2. The van der Waals surface area contributed by atoms with Crippen molar-refractivity contribution in [3.8, 4) is 11.3 Å². The number of aromatic nitrogens is 1. The van der Waals surface area contributed by atoms with Crippen molar-refractivity contribution in [2.24, 2.45) is 0 Å². The number of carbonyl (C=O) groups excluding carboxylic acids is 1. The molecule has 2 N–H and O–H groups in total. The summed E-state index contributed by atoms with van der Waals surface area (Å²) in [6, 6.07) is 27.0. The summed E-state index contributed by atoms with van der Waals surface area (Å²) < 4.78 is 27.9. The molecule has 4 aromatic carbocycles. The third kappa shape index (κ3) is 4.94. The van der Waals surface area contributed by atoms with Crippen LogP contribution in [0.25, 0.3) is 22.0 Å². The van der Waals surface area contributed by atoms with Gasteiger partial charge in [-0.25, -0.2) is 13.4 Å². The molecule has 0 aliphatic carbocycles. The van der Waals surface area contributed by atoms with E-state index >= 15 is 0 Å². The van der Waals surface area contributed by atoms with Crippen molar-refractivity contribution in [1.82, 2.24) is 4.98 Å². The molecule has 35 heavy (non-hydrogen) atoms. The number of hydrogen-bond acceptors (Lipinski definition) is 5. The fraction of sp³-hybridized carbons (Fsp3) is 0.0370. The van der Waals surface area contributed by atoms with E-state index in [4.69, 9.17) is 0 Å². The number of nitrogens with zero attached hydrogens (tertiary/aromatic N) is 1. The first-order chi connectivity index (χ1) is 16.9. The number of aryl methyl sites for hydroxylation is 1. The number of thiazole rings is 1. The maximum atomic E-state index is 12.9. The number of carbonyl (C=O) groups is 1. The maximum absolute atomic E-state index is 12.9. The summed E-state index contributed by atoms with van der Waals surface area (Å²) in [5.41, 5.74) is 3.35. The first-order valence-electron chi connectivity index (χ1n) is 10.8. The fourth-order valence-corrected chi connectivity index (χ4v) is 5.48. The zero-order valence-corrected chi connectivity index (χ0v) is 20.4. The molecule has 0 aliphatic heterocycles. The lowest BCUT2D eigenvalue weighted by atomic mass is 10.0.